The molecule has 1 aromatic carbocycles. The molecule has 2 amide bonds. The maximum atomic E-state index is 13.3. The Labute approximate surface area is 130 Å². The number of piperidine rings is 1. The van der Waals surface area contributed by atoms with E-state index in [-0.39, 0.29) is 18.2 Å². The Morgan fingerprint density at radius 1 is 1.45 bits per heavy atom. The summed E-state index contributed by atoms with van der Waals surface area (Å²) in [5.41, 5.74) is 1.00. The molecular formula is C16H24FN3O2. The number of rotatable bonds is 5. The predicted molar refractivity (Wildman–Crippen MR) is 82.8 cm³/mol. The number of carbonyl (C=O) groups excluding carboxylic acids is 1. The van der Waals surface area contributed by atoms with Crippen LogP contribution in [0.5, 0.6) is 0 Å². The third-order valence-corrected chi connectivity index (χ3v) is 4.01. The number of hydrogen-bond donors (Lipinski definition) is 3. The Kier molecular flexibility index (Phi) is 6.15. The minimum Gasteiger partial charge on any atom is -0.392 e. The molecule has 3 N–H and O–H groups in total. The monoisotopic (exact) mass is 309 g/mol. The number of carbonyl (C=O) groups is 1. The van der Waals surface area contributed by atoms with Gasteiger partial charge in [0.15, 0.2) is 0 Å². The molecule has 5 nitrogen and oxygen atoms in total. The van der Waals surface area contributed by atoms with E-state index in [1.807, 2.05) is 0 Å². The first-order chi connectivity index (χ1) is 10.6. The molecule has 6 heteroatoms. The van der Waals surface area contributed by atoms with E-state index in [1.54, 1.807) is 12.1 Å². The number of nitrogens with zero attached hydrogens (tertiary/aromatic N) is 1. The standard InChI is InChI=1S/C16H24FN3O2/c1-20-6-2-3-13(10-20)9-19-16(22)18-8-12-4-5-15(17)14(7-12)11-21/h4-5,7,13,21H,2-3,6,8-11H2,1H3,(H2,18,19,22). The summed E-state index contributed by atoms with van der Waals surface area (Å²) in [6, 6.07) is 4.25. The third kappa shape index (κ3) is 4.96. The molecule has 0 aliphatic carbocycles. The molecule has 1 unspecified atom stereocenters. The minimum atomic E-state index is -0.433. The number of aliphatic hydroxyl groups excluding tert-OH is 1. The molecule has 1 aliphatic heterocycles. The van der Waals surface area contributed by atoms with E-state index in [9.17, 15) is 9.18 Å². The van der Waals surface area contributed by atoms with Gasteiger partial charge in [-0.2, -0.15) is 0 Å². The van der Waals surface area contributed by atoms with E-state index in [1.165, 1.54) is 12.5 Å². The Morgan fingerprint density at radius 3 is 3.00 bits per heavy atom. The van der Waals surface area contributed by atoms with Crippen molar-refractivity contribution in [2.75, 3.05) is 26.7 Å². The largest absolute Gasteiger partial charge is 0.392 e. The van der Waals surface area contributed by atoms with Crippen LogP contribution in [0.15, 0.2) is 18.2 Å². The molecule has 122 valence electrons. The predicted octanol–water partition coefficient (Wildman–Crippen LogP) is 1.46. The van der Waals surface area contributed by atoms with Gasteiger partial charge in [0.25, 0.3) is 0 Å². The van der Waals surface area contributed by atoms with Crippen LogP contribution in [0, 0.1) is 11.7 Å². The van der Waals surface area contributed by atoms with E-state index in [0.717, 1.165) is 25.1 Å². The van der Waals surface area contributed by atoms with Crippen LogP contribution in [-0.2, 0) is 13.2 Å². The number of amides is 2. The summed E-state index contributed by atoms with van der Waals surface area (Å²) < 4.78 is 13.3. The second-order valence-electron chi connectivity index (χ2n) is 5.92. The molecule has 0 bridgehead atoms. The van der Waals surface area contributed by atoms with E-state index in [2.05, 4.69) is 22.6 Å². The maximum absolute atomic E-state index is 13.3. The van der Waals surface area contributed by atoms with Crippen LogP contribution in [-0.4, -0.2) is 42.7 Å². The van der Waals surface area contributed by atoms with Gasteiger partial charge in [0.05, 0.1) is 6.61 Å². The van der Waals surface area contributed by atoms with Crippen LogP contribution in [0.25, 0.3) is 0 Å². The van der Waals surface area contributed by atoms with Crippen LogP contribution < -0.4 is 10.6 Å². The van der Waals surface area contributed by atoms with Gasteiger partial charge >= 0.3 is 6.03 Å². The topological polar surface area (TPSA) is 64.6 Å². The zero-order valence-electron chi connectivity index (χ0n) is 12.9. The molecule has 1 atom stereocenters. The molecule has 1 aromatic rings. The van der Waals surface area contributed by atoms with Gasteiger partial charge in [-0.05, 0) is 50.0 Å². The van der Waals surface area contributed by atoms with Crippen molar-refractivity contribution in [3.05, 3.63) is 35.1 Å². The van der Waals surface area contributed by atoms with Gasteiger partial charge in [0, 0.05) is 25.2 Å². The fourth-order valence-electron chi connectivity index (χ4n) is 2.78. The number of benzene rings is 1. The summed E-state index contributed by atoms with van der Waals surface area (Å²) in [6.07, 6.45) is 2.31. The van der Waals surface area contributed by atoms with Crippen molar-refractivity contribution in [1.29, 1.82) is 0 Å². The average molecular weight is 309 g/mol. The Bertz CT molecular complexity index is 510. The minimum absolute atomic E-state index is 0.219. The van der Waals surface area contributed by atoms with Gasteiger partial charge < -0.3 is 20.6 Å². The molecule has 2 rings (SSSR count). The summed E-state index contributed by atoms with van der Waals surface area (Å²) >= 11 is 0. The van der Waals surface area contributed by atoms with Gasteiger partial charge in [-0.1, -0.05) is 6.07 Å². The number of urea groups is 1. The number of likely N-dealkylation sites (tertiary alicyclic amines) is 1. The van der Waals surface area contributed by atoms with Gasteiger partial charge in [-0.3, -0.25) is 0 Å². The summed E-state index contributed by atoms with van der Waals surface area (Å²) in [5.74, 6) is 0.0634. The second-order valence-corrected chi connectivity index (χ2v) is 5.92. The van der Waals surface area contributed by atoms with Crippen molar-refractivity contribution in [2.45, 2.75) is 26.0 Å². The van der Waals surface area contributed by atoms with Gasteiger partial charge in [0.1, 0.15) is 5.82 Å². The van der Waals surface area contributed by atoms with Crippen LogP contribution >= 0.6 is 0 Å². The maximum Gasteiger partial charge on any atom is 0.315 e. The van der Waals surface area contributed by atoms with Crippen molar-refractivity contribution < 1.29 is 14.3 Å². The molecule has 0 aromatic heterocycles. The molecule has 0 radical (unpaired) electrons. The lowest BCUT2D eigenvalue weighted by Crippen LogP contribution is -2.42. The number of nitrogens with one attached hydrogen (secondary N) is 2. The van der Waals surface area contributed by atoms with E-state index in [0.29, 0.717) is 19.0 Å². The number of hydrogen-bond acceptors (Lipinski definition) is 3. The third-order valence-electron chi connectivity index (χ3n) is 4.01. The van der Waals surface area contributed by atoms with Gasteiger partial charge in [-0.15, -0.1) is 0 Å². The van der Waals surface area contributed by atoms with Crippen molar-refractivity contribution in [1.82, 2.24) is 15.5 Å². The second kappa shape index (κ2) is 8.10. The van der Waals surface area contributed by atoms with E-state index < -0.39 is 5.82 Å². The fourth-order valence-corrected chi connectivity index (χ4v) is 2.78. The lowest BCUT2D eigenvalue weighted by atomic mass is 9.99. The molecule has 0 spiro atoms. The van der Waals surface area contributed by atoms with Crippen LogP contribution in [0.3, 0.4) is 0 Å². The summed E-state index contributed by atoms with van der Waals surface area (Å²) in [7, 11) is 2.10. The van der Waals surface area contributed by atoms with Crippen molar-refractivity contribution >= 4 is 6.03 Å². The smallest absolute Gasteiger partial charge is 0.315 e. The zero-order valence-corrected chi connectivity index (χ0v) is 12.9. The van der Waals surface area contributed by atoms with Crippen LogP contribution in [0.2, 0.25) is 0 Å². The van der Waals surface area contributed by atoms with Gasteiger partial charge in [-0.25, -0.2) is 9.18 Å². The number of halogens is 1. The number of aliphatic hydroxyl groups is 1. The summed E-state index contributed by atoms with van der Waals surface area (Å²) in [4.78, 5) is 14.1. The van der Waals surface area contributed by atoms with E-state index in [4.69, 9.17) is 5.11 Å². The Balaban J connectivity index is 1.73. The highest BCUT2D eigenvalue weighted by Gasteiger charge is 2.17. The van der Waals surface area contributed by atoms with Crippen LogP contribution in [0.1, 0.15) is 24.0 Å². The Morgan fingerprint density at radius 2 is 2.27 bits per heavy atom. The molecule has 0 saturated carbocycles. The molecule has 1 heterocycles. The first kappa shape index (κ1) is 16.7. The highest BCUT2D eigenvalue weighted by molar-refractivity contribution is 5.73. The summed E-state index contributed by atoms with van der Waals surface area (Å²) in [6.45, 7) is 2.77. The first-order valence-electron chi connectivity index (χ1n) is 7.67. The van der Waals surface area contributed by atoms with Gasteiger partial charge in [0.2, 0.25) is 0 Å². The zero-order chi connectivity index (χ0) is 15.9. The average Bonchev–Trinajstić information content (AvgIpc) is 2.52. The molecule has 1 aliphatic rings. The van der Waals surface area contributed by atoms with Crippen molar-refractivity contribution in [3.63, 3.8) is 0 Å². The lowest BCUT2D eigenvalue weighted by molar-refractivity contribution is 0.202. The molecule has 22 heavy (non-hydrogen) atoms. The van der Waals surface area contributed by atoms with Crippen molar-refractivity contribution in [3.8, 4) is 0 Å². The van der Waals surface area contributed by atoms with Crippen LogP contribution in [0.4, 0.5) is 9.18 Å². The molecule has 1 saturated heterocycles. The highest BCUT2D eigenvalue weighted by Crippen LogP contribution is 2.14. The molecular weight excluding hydrogens is 285 g/mol. The normalized spacial score (nSPS) is 19.0. The summed E-state index contributed by atoms with van der Waals surface area (Å²) in [5, 5.41) is 14.7. The SMILES string of the molecule is CN1CCCC(CNC(=O)NCc2ccc(F)c(CO)c2)C1. The van der Waals surface area contributed by atoms with E-state index >= 15 is 0 Å². The fraction of sp³-hybridized carbons (Fsp3) is 0.562. The first-order valence-corrected chi connectivity index (χ1v) is 7.67. The highest BCUT2D eigenvalue weighted by atomic mass is 19.1. The Hall–Kier alpha value is -1.66. The quantitative estimate of drug-likeness (QED) is 0.771. The lowest BCUT2D eigenvalue weighted by Gasteiger charge is -2.29. The molecule has 1 fully saturated rings. The van der Waals surface area contributed by atoms with Crippen molar-refractivity contribution in [2.24, 2.45) is 5.92 Å².